The van der Waals surface area contributed by atoms with Gasteiger partial charge in [0.1, 0.15) is 12.4 Å². The molecule has 0 atom stereocenters. The Labute approximate surface area is 198 Å². The van der Waals surface area contributed by atoms with E-state index in [9.17, 15) is 4.79 Å². The lowest BCUT2D eigenvalue weighted by atomic mass is 10.2. The Bertz CT molecular complexity index is 1220. The van der Waals surface area contributed by atoms with Gasteiger partial charge >= 0.3 is 0 Å². The summed E-state index contributed by atoms with van der Waals surface area (Å²) in [6, 6.07) is 20.7. The van der Waals surface area contributed by atoms with E-state index in [1.54, 1.807) is 29.0 Å². The van der Waals surface area contributed by atoms with E-state index in [0.29, 0.717) is 29.7 Å². The normalized spacial score (nSPS) is 10.8. The van der Waals surface area contributed by atoms with Gasteiger partial charge in [0.25, 0.3) is 0 Å². The minimum Gasteiger partial charge on any atom is -0.493 e. The van der Waals surface area contributed by atoms with Crippen LogP contribution < -0.4 is 9.47 Å². The van der Waals surface area contributed by atoms with Crippen molar-refractivity contribution >= 4 is 5.91 Å². The summed E-state index contributed by atoms with van der Waals surface area (Å²) in [5, 5.41) is 4.75. The highest BCUT2D eigenvalue weighted by Crippen LogP contribution is 2.36. The standard InChI is InChI=1S/C26H27N3O5/c1-19-22(17-28(25(30)18-31-2)16-21-12-9-15-33-21)26(29(27-19)20-10-5-4-6-11-20)34-24-14-8-7-13-23(24)32-3/h4-15H,16-18H2,1-3H3. The fourth-order valence-corrected chi connectivity index (χ4v) is 3.61. The predicted molar refractivity (Wildman–Crippen MR) is 126 cm³/mol. The summed E-state index contributed by atoms with van der Waals surface area (Å²) >= 11 is 0. The van der Waals surface area contributed by atoms with Crippen LogP contribution in [-0.4, -0.2) is 41.4 Å². The average Bonchev–Trinajstić information content (AvgIpc) is 3.48. The second-order valence-corrected chi connectivity index (χ2v) is 7.63. The zero-order valence-corrected chi connectivity index (χ0v) is 19.4. The Kier molecular flexibility index (Phi) is 7.29. The van der Waals surface area contributed by atoms with E-state index in [1.807, 2.05) is 67.6 Å². The summed E-state index contributed by atoms with van der Waals surface area (Å²) in [7, 11) is 3.09. The van der Waals surface area contributed by atoms with Crippen LogP contribution in [0.4, 0.5) is 0 Å². The number of hydrogen-bond donors (Lipinski definition) is 0. The molecule has 8 nitrogen and oxygen atoms in total. The van der Waals surface area contributed by atoms with E-state index in [0.717, 1.165) is 16.9 Å². The minimum atomic E-state index is -0.172. The highest BCUT2D eigenvalue weighted by molar-refractivity contribution is 5.77. The molecule has 4 aromatic rings. The Hall–Kier alpha value is -4.04. The van der Waals surface area contributed by atoms with Crippen molar-refractivity contribution in [3.8, 4) is 23.1 Å². The number of para-hydroxylation sites is 3. The van der Waals surface area contributed by atoms with Gasteiger partial charge in [-0.1, -0.05) is 30.3 Å². The van der Waals surface area contributed by atoms with Gasteiger partial charge in [0.2, 0.25) is 11.8 Å². The summed E-state index contributed by atoms with van der Waals surface area (Å²) < 4.78 is 24.2. The number of carbonyl (C=O) groups excluding carboxylic acids is 1. The van der Waals surface area contributed by atoms with Gasteiger partial charge in [-0.25, -0.2) is 4.68 Å². The second kappa shape index (κ2) is 10.7. The predicted octanol–water partition coefficient (Wildman–Crippen LogP) is 4.75. The molecule has 176 valence electrons. The van der Waals surface area contributed by atoms with Gasteiger partial charge in [0.15, 0.2) is 11.5 Å². The number of methoxy groups -OCH3 is 2. The lowest BCUT2D eigenvalue weighted by Crippen LogP contribution is -2.33. The topological polar surface area (TPSA) is 79.0 Å². The Balaban J connectivity index is 1.77. The van der Waals surface area contributed by atoms with Crippen LogP contribution in [0.3, 0.4) is 0 Å². The molecule has 2 heterocycles. The maximum absolute atomic E-state index is 12.9. The summed E-state index contributed by atoms with van der Waals surface area (Å²) in [6.07, 6.45) is 1.59. The van der Waals surface area contributed by atoms with Gasteiger partial charge in [-0.15, -0.1) is 0 Å². The zero-order valence-electron chi connectivity index (χ0n) is 19.4. The maximum atomic E-state index is 12.9. The highest BCUT2D eigenvalue weighted by atomic mass is 16.5. The Morgan fingerprint density at radius 2 is 1.71 bits per heavy atom. The first kappa shape index (κ1) is 23.1. The lowest BCUT2D eigenvalue weighted by molar-refractivity contribution is -0.136. The van der Waals surface area contributed by atoms with Crippen molar-refractivity contribution in [2.45, 2.75) is 20.0 Å². The van der Waals surface area contributed by atoms with Gasteiger partial charge in [-0.05, 0) is 43.3 Å². The number of furan rings is 1. The third-order valence-corrected chi connectivity index (χ3v) is 5.31. The molecule has 0 bridgehead atoms. The first-order valence-corrected chi connectivity index (χ1v) is 10.8. The average molecular weight is 462 g/mol. The van der Waals surface area contributed by atoms with E-state index < -0.39 is 0 Å². The van der Waals surface area contributed by atoms with Gasteiger partial charge < -0.3 is 23.5 Å². The van der Waals surface area contributed by atoms with Crippen molar-refractivity contribution in [3.05, 3.63) is 90.0 Å². The monoisotopic (exact) mass is 461 g/mol. The molecule has 0 fully saturated rings. The molecule has 34 heavy (non-hydrogen) atoms. The first-order chi connectivity index (χ1) is 16.6. The van der Waals surface area contributed by atoms with Crippen LogP contribution in [0, 0.1) is 6.92 Å². The molecular weight excluding hydrogens is 434 g/mol. The number of aromatic nitrogens is 2. The second-order valence-electron chi connectivity index (χ2n) is 7.63. The van der Waals surface area contributed by atoms with Crippen LogP contribution in [0.2, 0.25) is 0 Å². The van der Waals surface area contributed by atoms with Crippen LogP contribution in [0.25, 0.3) is 5.69 Å². The molecule has 1 amide bonds. The van der Waals surface area contributed by atoms with Gasteiger partial charge in [-0.2, -0.15) is 5.10 Å². The zero-order chi connectivity index (χ0) is 23.9. The number of hydrogen-bond acceptors (Lipinski definition) is 6. The smallest absolute Gasteiger partial charge is 0.249 e. The van der Waals surface area contributed by atoms with Crippen LogP contribution in [-0.2, 0) is 22.6 Å². The van der Waals surface area contributed by atoms with Crippen molar-refractivity contribution in [2.24, 2.45) is 0 Å². The van der Waals surface area contributed by atoms with E-state index >= 15 is 0 Å². The van der Waals surface area contributed by atoms with Crippen molar-refractivity contribution in [2.75, 3.05) is 20.8 Å². The fraction of sp³-hybridized carbons (Fsp3) is 0.231. The van der Waals surface area contributed by atoms with E-state index in [2.05, 4.69) is 0 Å². The number of rotatable bonds is 10. The third-order valence-electron chi connectivity index (χ3n) is 5.31. The molecule has 2 aromatic carbocycles. The molecule has 0 unspecified atom stereocenters. The van der Waals surface area contributed by atoms with Crippen molar-refractivity contribution < 1.29 is 23.4 Å². The largest absolute Gasteiger partial charge is 0.493 e. The molecule has 2 aromatic heterocycles. The highest BCUT2D eigenvalue weighted by Gasteiger charge is 2.25. The Morgan fingerprint density at radius 1 is 0.971 bits per heavy atom. The summed E-state index contributed by atoms with van der Waals surface area (Å²) in [5.74, 6) is 2.14. The van der Waals surface area contributed by atoms with Crippen molar-refractivity contribution in [1.82, 2.24) is 14.7 Å². The van der Waals surface area contributed by atoms with Crippen LogP contribution in [0.15, 0.2) is 77.4 Å². The fourth-order valence-electron chi connectivity index (χ4n) is 3.61. The summed E-state index contributed by atoms with van der Waals surface area (Å²) in [6.45, 7) is 2.40. The van der Waals surface area contributed by atoms with Gasteiger partial charge in [0.05, 0.1) is 43.4 Å². The molecular formula is C26H27N3O5. The van der Waals surface area contributed by atoms with E-state index in [1.165, 1.54) is 7.11 Å². The molecule has 0 radical (unpaired) electrons. The van der Waals surface area contributed by atoms with Crippen molar-refractivity contribution in [3.63, 3.8) is 0 Å². The molecule has 0 aliphatic rings. The number of amides is 1. The Morgan fingerprint density at radius 3 is 2.38 bits per heavy atom. The molecule has 8 heteroatoms. The number of ether oxygens (including phenoxy) is 3. The van der Waals surface area contributed by atoms with Crippen molar-refractivity contribution in [1.29, 1.82) is 0 Å². The molecule has 0 spiro atoms. The summed E-state index contributed by atoms with van der Waals surface area (Å²) in [5.41, 5.74) is 2.34. The minimum absolute atomic E-state index is 0.0464. The molecule has 0 aliphatic carbocycles. The number of aryl methyl sites for hydroxylation is 1. The molecule has 4 rings (SSSR count). The summed E-state index contributed by atoms with van der Waals surface area (Å²) in [4.78, 5) is 14.6. The van der Waals surface area contributed by atoms with Crippen LogP contribution in [0.5, 0.6) is 17.4 Å². The number of carbonyl (C=O) groups is 1. The van der Waals surface area contributed by atoms with Crippen LogP contribution >= 0.6 is 0 Å². The quantitative estimate of drug-likeness (QED) is 0.339. The van der Waals surface area contributed by atoms with Gasteiger partial charge in [0, 0.05) is 7.11 Å². The molecule has 0 saturated heterocycles. The van der Waals surface area contributed by atoms with E-state index in [-0.39, 0.29) is 19.1 Å². The maximum Gasteiger partial charge on any atom is 0.249 e. The SMILES string of the molecule is COCC(=O)N(Cc1ccco1)Cc1c(C)nn(-c2ccccc2)c1Oc1ccccc1OC. The third kappa shape index (κ3) is 5.13. The number of benzene rings is 2. The number of nitrogens with zero attached hydrogens (tertiary/aromatic N) is 3. The molecule has 0 N–H and O–H groups in total. The van der Waals surface area contributed by atoms with Gasteiger partial charge in [-0.3, -0.25) is 4.79 Å². The molecule has 0 aliphatic heterocycles. The lowest BCUT2D eigenvalue weighted by Gasteiger charge is -2.22. The molecule has 0 saturated carbocycles. The first-order valence-electron chi connectivity index (χ1n) is 10.8. The van der Waals surface area contributed by atoms with Crippen LogP contribution in [0.1, 0.15) is 17.0 Å². The van der Waals surface area contributed by atoms with E-state index in [4.69, 9.17) is 23.7 Å².